The van der Waals surface area contributed by atoms with Crippen LogP contribution in [-0.4, -0.2) is 36.3 Å². The van der Waals surface area contributed by atoms with Gasteiger partial charge in [0.1, 0.15) is 0 Å². The highest BCUT2D eigenvalue weighted by molar-refractivity contribution is 5.95. The van der Waals surface area contributed by atoms with Crippen LogP contribution in [0.4, 0.5) is 0 Å². The summed E-state index contributed by atoms with van der Waals surface area (Å²) < 4.78 is 0. The van der Waals surface area contributed by atoms with Crippen molar-refractivity contribution in [3.8, 4) is 0 Å². The van der Waals surface area contributed by atoms with Gasteiger partial charge in [-0.05, 0) is 49.8 Å². The standard InChI is InChI=1S/C23H28N2O2/c1-18-8-5-6-12-21(18)23(27)25-16-13-20(14-17-25)22(26)24-15-7-11-19-9-3-2-4-10-19/h2-6,8-10,12,20H,7,11,13-17H2,1H3,(H,24,26). The first kappa shape index (κ1) is 19.2. The molecular formula is C23H28N2O2. The first-order valence-corrected chi connectivity index (χ1v) is 9.81. The highest BCUT2D eigenvalue weighted by atomic mass is 16.2. The van der Waals surface area contributed by atoms with Crippen molar-refractivity contribution in [2.75, 3.05) is 19.6 Å². The number of hydrogen-bond acceptors (Lipinski definition) is 2. The van der Waals surface area contributed by atoms with Gasteiger partial charge in [-0.2, -0.15) is 0 Å². The van der Waals surface area contributed by atoms with E-state index in [1.165, 1.54) is 5.56 Å². The van der Waals surface area contributed by atoms with Crippen LogP contribution in [0, 0.1) is 12.8 Å². The summed E-state index contributed by atoms with van der Waals surface area (Å²) in [6.45, 7) is 3.96. The molecule has 1 aliphatic rings. The Morgan fingerprint density at radius 3 is 2.37 bits per heavy atom. The van der Waals surface area contributed by atoms with E-state index in [0.717, 1.165) is 36.8 Å². The van der Waals surface area contributed by atoms with Crippen molar-refractivity contribution >= 4 is 11.8 Å². The van der Waals surface area contributed by atoms with Crippen LogP contribution in [0.5, 0.6) is 0 Å². The molecule has 1 saturated heterocycles. The van der Waals surface area contributed by atoms with Crippen LogP contribution in [0.1, 0.15) is 40.7 Å². The van der Waals surface area contributed by atoms with Crippen LogP contribution in [0.3, 0.4) is 0 Å². The van der Waals surface area contributed by atoms with Gasteiger partial charge in [-0.15, -0.1) is 0 Å². The first-order chi connectivity index (χ1) is 13.1. The molecule has 0 radical (unpaired) electrons. The molecule has 1 aliphatic heterocycles. The zero-order valence-corrected chi connectivity index (χ0v) is 16.0. The van der Waals surface area contributed by atoms with Gasteiger partial charge in [-0.3, -0.25) is 9.59 Å². The molecule has 0 aliphatic carbocycles. The van der Waals surface area contributed by atoms with Crippen molar-refractivity contribution < 1.29 is 9.59 Å². The van der Waals surface area contributed by atoms with Crippen LogP contribution in [0.2, 0.25) is 0 Å². The summed E-state index contributed by atoms with van der Waals surface area (Å²) >= 11 is 0. The number of carbonyl (C=O) groups excluding carboxylic acids is 2. The maximum absolute atomic E-state index is 12.7. The molecule has 27 heavy (non-hydrogen) atoms. The average molecular weight is 364 g/mol. The van der Waals surface area contributed by atoms with Gasteiger partial charge in [-0.25, -0.2) is 0 Å². The number of benzene rings is 2. The van der Waals surface area contributed by atoms with E-state index in [-0.39, 0.29) is 17.7 Å². The minimum atomic E-state index is 0.0163. The van der Waals surface area contributed by atoms with Crippen LogP contribution in [0.15, 0.2) is 54.6 Å². The third kappa shape index (κ3) is 5.19. The van der Waals surface area contributed by atoms with Crippen LogP contribution >= 0.6 is 0 Å². The van der Waals surface area contributed by atoms with E-state index >= 15 is 0 Å². The summed E-state index contributed by atoms with van der Waals surface area (Å²) in [5.74, 6) is 0.225. The predicted octanol–water partition coefficient (Wildman–Crippen LogP) is 3.60. The maximum Gasteiger partial charge on any atom is 0.254 e. The van der Waals surface area contributed by atoms with E-state index in [0.29, 0.717) is 19.6 Å². The minimum Gasteiger partial charge on any atom is -0.356 e. The third-order valence-corrected chi connectivity index (χ3v) is 5.31. The van der Waals surface area contributed by atoms with E-state index in [1.807, 2.05) is 54.3 Å². The number of likely N-dealkylation sites (tertiary alicyclic amines) is 1. The highest BCUT2D eigenvalue weighted by Crippen LogP contribution is 2.20. The summed E-state index contributed by atoms with van der Waals surface area (Å²) in [5.41, 5.74) is 3.07. The van der Waals surface area contributed by atoms with E-state index in [2.05, 4.69) is 17.4 Å². The average Bonchev–Trinajstić information content (AvgIpc) is 2.72. The SMILES string of the molecule is Cc1ccccc1C(=O)N1CCC(C(=O)NCCCc2ccccc2)CC1. The van der Waals surface area contributed by atoms with E-state index in [1.54, 1.807) is 0 Å². The zero-order chi connectivity index (χ0) is 19.1. The van der Waals surface area contributed by atoms with E-state index < -0.39 is 0 Å². The van der Waals surface area contributed by atoms with Crippen molar-refractivity contribution in [2.45, 2.75) is 32.6 Å². The lowest BCUT2D eigenvalue weighted by atomic mass is 9.95. The number of nitrogens with zero attached hydrogens (tertiary/aromatic N) is 1. The van der Waals surface area contributed by atoms with Gasteiger partial charge < -0.3 is 10.2 Å². The molecule has 1 heterocycles. The molecule has 4 nitrogen and oxygen atoms in total. The Morgan fingerprint density at radius 1 is 1.00 bits per heavy atom. The molecule has 1 N–H and O–H groups in total. The lowest BCUT2D eigenvalue weighted by molar-refractivity contribution is -0.126. The monoisotopic (exact) mass is 364 g/mol. The van der Waals surface area contributed by atoms with Crippen molar-refractivity contribution in [3.05, 3.63) is 71.3 Å². The van der Waals surface area contributed by atoms with Crippen molar-refractivity contribution in [3.63, 3.8) is 0 Å². The second kappa shape index (κ2) is 9.36. The molecule has 2 aromatic rings. The molecule has 1 fully saturated rings. The number of aryl methyl sites for hydroxylation is 2. The number of piperidine rings is 1. The fourth-order valence-corrected chi connectivity index (χ4v) is 3.62. The predicted molar refractivity (Wildman–Crippen MR) is 108 cm³/mol. The lowest BCUT2D eigenvalue weighted by Gasteiger charge is -2.31. The zero-order valence-electron chi connectivity index (χ0n) is 16.0. The smallest absolute Gasteiger partial charge is 0.254 e. The largest absolute Gasteiger partial charge is 0.356 e. The van der Waals surface area contributed by atoms with Crippen molar-refractivity contribution in [1.82, 2.24) is 10.2 Å². The van der Waals surface area contributed by atoms with Crippen LogP contribution in [-0.2, 0) is 11.2 Å². The molecule has 2 aromatic carbocycles. The number of nitrogens with one attached hydrogen (secondary N) is 1. The van der Waals surface area contributed by atoms with Crippen LogP contribution < -0.4 is 5.32 Å². The second-order valence-corrected chi connectivity index (χ2v) is 7.26. The molecule has 0 bridgehead atoms. The Kier molecular flexibility index (Phi) is 6.64. The molecular weight excluding hydrogens is 336 g/mol. The molecule has 142 valence electrons. The fraction of sp³-hybridized carbons (Fsp3) is 0.391. The Balaban J connectivity index is 1.40. The van der Waals surface area contributed by atoms with Gasteiger partial charge in [0.15, 0.2) is 0 Å². The van der Waals surface area contributed by atoms with Crippen molar-refractivity contribution in [1.29, 1.82) is 0 Å². The first-order valence-electron chi connectivity index (χ1n) is 9.81. The second-order valence-electron chi connectivity index (χ2n) is 7.26. The maximum atomic E-state index is 12.7. The molecule has 3 rings (SSSR count). The summed E-state index contributed by atoms with van der Waals surface area (Å²) in [6.07, 6.45) is 3.40. The molecule has 0 spiro atoms. The Bertz CT molecular complexity index is 765. The number of hydrogen-bond donors (Lipinski definition) is 1. The topological polar surface area (TPSA) is 49.4 Å². The Morgan fingerprint density at radius 2 is 1.67 bits per heavy atom. The van der Waals surface area contributed by atoms with Gasteiger partial charge >= 0.3 is 0 Å². The molecule has 2 amide bonds. The summed E-state index contributed by atoms with van der Waals surface area (Å²) in [4.78, 5) is 26.9. The highest BCUT2D eigenvalue weighted by Gasteiger charge is 2.28. The molecule has 0 aromatic heterocycles. The number of rotatable bonds is 6. The Hall–Kier alpha value is -2.62. The minimum absolute atomic E-state index is 0.0163. The summed E-state index contributed by atoms with van der Waals surface area (Å²) in [7, 11) is 0. The Labute approximate surface area is 161 Å². The quantitative estimate of drug-likeness (QED) is 0.796. The van der Waals surface area contributed by atoms with E-state index in [4.69, 9.17) is 0 Å². The summed E-state index contributed by atoms with van der Waals surface area (Å²) in [5, 5.41) is 3.07. The molecule has 4 heteroatoms. The van der Waals surface area contributed by atoms with Gasteiger partial charge in [0.05, 0.1) is 0 Å². The van der Waals surface area contributed by atoms with Gasteiger partial charge in [0, 0.05) is 31.1 Å². The van der Waals surface area contributed by atoms with Gasteiger partial charge in [-0.1, -0.05) is 48.5 Å². The fourth-order valence-electron chi connectivity index (χ4n) is 3.62. The molecule has 0 saturated carbocycles. The summed E-state index contributed by atoms with van der Waals surface area (Å²) in [6, 6.07) is 18.0. The van der Waals surface area contributed by atoms with Crippen LogP contribution in [0.25, 0.3) is 0 Å². The normalized spacial score (nSPS) is 14.8. The van der Waals surface area contributed by atoms with Gasteiger partial charge in [0.2, 0.25) is 5.91 Å². The molecule has 0 atom stereocenters. The lowest BCUT2D eigenvalue weighted by Crippen LogP contribution is -2.43. The number of amides is 2. The van der Waals surface area contributed by atoms with E-state index in [9.17, 15) is 9.59 Å². The molecule has 0 unspecified atom stereocenters. The third-order valence-electron chi connectivity index (χ3n) is 5.31. The van der Waals surface area contributed by atoms with Crippen molar-refractivity contribution in [2.24, 2.45) is 5.92 Å². The van der Waals surface area contributed by atoms with Gasteiger partial charge in [0.25, 0.3) is 5.91 Å². The number of carbonyl (C=O) groups is 2.